The Morgan fingerprint density at radius 3 is 2.57 bits per heavy atom. The molecular weight excluding hydrogens is 398 g/mol. The first kappa shape index (κ1) is 20.5. The Bertz CT molecular complexity index is 819. The van der Waals surface area contributed by atoms with Crippen molar-refractivity contribution in [3.63, 3.8) is 0 Å². The van der Waals surface area contributed by atoms with Crippen molar-refractivity contribution >= 4 is 45.9 Å². The van der Waals surface area contributed by atoms with E-state index in [0.29, 0.717) is 5.13 Å². The first-order chi connectivity index (χ1) is 13.5. The zero-order valence-electron chi connectivity index (χ0n) is 15.8. The molecule has 0 spiro atoms. The Balaban J connectivity index is 1.80. The fraction of sp³-hybridized carbons (Fsp3) is 0.421. The Kier molecular flexibility index (Phi) is 6.79. The van der Waals surface area contributed by atoms with Crippen molar-refractivity contribution in [2.75, 3.05) is 29.7 Å². The number of hydrogen-bond donors (Lipinski definition) is 1. The van der Waals surface area contributed by atoms with Crippen LogP contribution in [0.5, 0.6) is 5.75 Å². The summed E-state index contributed by atoms with van der Waals surface area (Å²) < 4.78 is 6.00. The number of aliphatic carboxylic acids is 1. The van der Waals surface area contributed by atoms with Gasteiger partial charge in [-0.2, -0.15) is 0 Å². The molecular formula is C19H23N3O4S2. The van der Waals surface area contributed by atoms with Gasteiger partial charge >= 0.3 is 12.0 Å². The molecule has 2 amide bonds. The summed E-state index contributed by atoms with van der Waals surface area (Å²) in [6.07, 6.45) is 5.79. The number of ether oxygens (including phenoxy) is 1. The smallest absolute Gasteiger partial charge is 0.330 e. The molecule has 1 heterocycles. The van der Waals surface area contributed by atoms with Crippen LogP contribution < -0.4 is 14.5 Å². The lowest BCUT2D eigenvalue weighted by Gasteiger charge is -2.32. The van der Waals surface area contributed by atoms with Gasteiger partial charge in [0, 0.05) is 18.8 Å². The predicted molar refractivity (Wildman–Crippen MR) is 112 cm³/mol. The second-order valence-electron chi connectivity index (χ2n) is 6.49. The number of thiazole rings is 1. The second kappa shape index (κ2) is 9.29. The van der Waals surface area contributed by atoms with Crippen molar-refractivity contribution in [3.05, 3.63) is 30.5 Å². The Morgan fingerprint density at radius 2 is 1.96 bits per heavy atom. The minimum Gasteiger partial charge on any atom is -0.497 e. The van der Waals surface area contributed by atoms with Gasteiger partial charge < -0.3 is 9.84 Å². The molecule has 28 heavy (non-hydrogen) atoms. The highest BCUT2D eigenvalue weighted by molar-refractivity contribution is 8.01. The van der Waals surface area contributed by atoms with Crippen molar-refractivity contribution in [1.29, 1.82) is 0 Å². The molecule has 1 saturated carbocycles. The molecule has 1 fully saturated rings. The van der Waals surface area contributed by atoms with E-state index in [1.807, 2.05) is 29.2 Å². The van der Waals surface area contributed by atoms with Gasteiger partial charge in [-0.05, 0) is 37.1 Å². The summed E-state index contributed by atoms with van der Waals surface area (Å²) in [5.74, 6) is -0.161. The molecule has 0 aliphatic heterocycles. The third-order valence-corrected chi connectivity index (χ3v) is 6.88. The number of hydrogen-bond acceptors (Lipinski definition) is 6. The van der Waals surface area contributed by atoms with Crippen LogP contribution in [0.25, 0.3) is 0 Å². The van der Waals surface area contributed by atoms with E-state index in [2.05, 4.69) is 4.98 Å². The summed E-state index contributed by atoms with van der Waals surface area (Å²) in [6.45, 7) is 0. The molecule has 1 aliphatic carbocycles. The minimum atomic E-state index is -0.878. The molecule has 1 N–H and O–H groups in total. The molecule has 0 saturated heterocycles. The molecule has 3 rings (SSSR count). The Labute approximate surface area is 172 Å². The van der Waals surface area contributed by atoms with Gasteiger partial charge in [-0.1, -0.05) is 24.2 Å². The number of methoxy groups -OCH3 is 1. The molecule has 0 unspecified atom stereocenters. The summed E-state index contributed by atoms with van der Waals surface area (Å²) in [5.41, 5.74) is 0.835. The number of nitrogens with zero attached hydrogens (tertiary/aromatic N) is 3. The molecule has 0 radical (unpaired) electrons. The SMILES string of the molecule is COc1ccc(N(C(=O)N(C)c2ncc(SCC(=O)O)s2)C2CCCC2)cc1. The van der Waals surface area contributed by atoms with Gasteiger partial charge in [0.2, 0.25) is 0 Å². The van der Waals surface area contributed by atoms with Gasteiger partial charge in [0.15, 0.2) is 5.13 Å². The highest BCUT2D eigenvalue weighted by Gasteiger charge is 2.31. The van der Waals surface area contributed by atoms with Gasteiger partial charge in [-0.25, -0.2) is 9.78 Å². The first-order valence-corrected chi connectivity index (χ1v) is 10.8. The van der Waals surface area contributed by atoms with Crippen LogP contribution in [0.3, 0.4) is 0 Å². The van der Waals surface area contributed by atoms with E-state index in [4.69, 9.17) is 9.84 Å². The number of anilines is 2. The van der Waals surface area contributed by atoms with Crippen LogP contribution >= 0.6 is 23.1 Å². The van der Waals surface area contributed by atoms with Gasteiger partial charge in [0.25, 0.3) is 0 Å². The second-order valence-corrected chi connectivity index (χ2v) is 8.78. The normalized spacial score (nSPS) is 14.1. The molecule has 9 heteroatoms. The van der Waals surface area contributed by atoms with E-state index >= 15 is 0 Å². The Hall–Kier alpha value is -2.26. The van der Waals surface area contributed by atoms with Gasteiger partial charge in [-0.15, -0.1) is 11.8 Å². The van der Waals surface area contributed by atoms with Gasteiger partial charge in [0.1, 0.15) is 5.75 Å². The maximum absolute atomic E-state index is 13.3. The average Bonchev–Trinajstić information content (AvgIpc) is 3.39. The number of urea groups is 1. The molecule has 1 aromatic carbocycles. The van der Waals surface area contributed by atoms with Crippen LogP contribution in [0.15, 0.2) is 34.7 Å². The highest BCUT2D eigenvalue weighted by atomic mass is 32.2. The van der Waals surface area contributed by atoms with Crippen molar-refractivity contribution < 1.29 is 19.4 Å². The van der Waals surface area contributed by atoms with Crippen molar-refractivity contribution in [2.45, 2.75) is 35.9 Å². The fourth-order valence-corrected chi connectivity index (χ4v) is 4.87. The fourth-order valence-electron chi connectivity index (χ4n) is 3.23. The zero-order chi connectivity index (χ0) is 20.1. The molecule has 150 valence electrons. The van der Waals surface area contributed by atoms with Crippen LogP contribution in [0.1, 0.15) is 25.7 Å². The monoisotopic (exact) mass is 421 g/mol. The number of carboxylic acid groups (broad SMARTS) is 1. The van der Waals surface area contributed by atoms with E-state index < -0.39 is 5.97 Å². The third kappa shape index (κ3) is 4.77. The van der Waals surface area contributed by atoms with Gasteiger partial charge in [-0.3, -0.25) is 14.6 Å². The highest BCUT2D eigenvalue weighted by Crippen LogP contribution is 2.34. The lowest BCUT2D eigenvalue weighted by Crippen LogP contribution is -2.46. The number of rotatable bonds is 7. The molecule has 1 aliphatic rings. The first-order valence-electron chi connectivity index (χ1n) is 9.01. The van der Waals surface area contributed by atoms with E-state index in [0.717, 1.165) is 41.3 Å². The maximum Gasteiger partial charge on any atom is 0.330 e. The zero-order valence-corrected chi connectivity index (χ0v) is 17.5. The molecule has 7 nitrogen and oxygen atoms in total. The lowest BCUT2D eigenvalue weighted by atomic mass is 10.2. The number of carboxylic acids is 1. The third-order valence-electron chi connectivity index (χ3n) is 4.63. The quantitative estimate of drug-likeness (QED) is 0.670. The summed E-state index contributed by atoms with van der Waals surface area (Å²) in [6, 6.07) is 7.53. The maximum atomic E-state index is 13.3. The summed E-state index contributed by atoms with van der Waals surface area (Å²) >= 11 is 2.52. The van der Waals surface area contributed by atoms with Crippen molar-refractivity contribution in [3.8, 4) is 5.75 Å². The number of carbonyl (C=O) groups excluding carboxylic acids is 1. The molecule has 0 bridgehead atoms. The topological polar surface area (TPSA) is 83.0 Å². The molecule has 2 aromatic rings. The number of amides is 2. The average molecular weight is 422 g/mol. The van der Waals surface area contributed by atoms with E-state index in [-0.39, 0.29) is 17.8 Å². The van der Waals surface area contributed by atoms with Crippen LogP contribution in [0.4, 0.5) is 15.6 Å². The standard InChI is InChI=1S/C19H23N3O4S2/c1-21(18-20-11-17(28-18)27-12-16(23)24)19(25)22(13-5-3-4-6-13)14-7-9-15(26-2)10-8-14/h7-11,13H,3-6,12H2,1-2H3,(H,23,24). The van der Waals surface area contributed by atoms with Crippen molar-refractivity contribution in [1.82, 2.24) is 4.98 Å². The number of benzene rings is 1. The Morgan fingerprint density at radius 1 is 1.29 bits per heavy atom. The van der Waals surface area contributed by atoms with E-state index in [1.165, 1.54) is 28.0 Å². The number of aromatic nitrogens is 1. The number of carbonyl (C=O) groups is 2. The largest absolute Gasteiger partial charge is 0.497 e. The van der Waals surface area contributed by atoms with E-state index in [1.54, 1.807) is 20.4 Å². The van der Waals surface area contributed by atoms with E-state index in [9.17, 15) is 9.59 Å². The van der Waals surface area contributed by atoms with Gasteiger partial charge in [0.05, 0.1) is 23.3 Å². The predicted octanol–water partition coefficient (Wildman–Crippen LogP) is 4.33. The van der Waals surface area contributed by atoms with Crippen LogP contribution in [-0.4, -0.2) is 48.0 Å². The summed E-state index contributed by atoms with van der Waals surface area (Å²) in [5, 5.41) is 9.37. The lowest BCUT2D eigenvalue weighted by molar-refractivity contribution is -0.133. The van der Waals surface area contributed by atoms with Crippen molar-refractivity contribution in [2.24, 2.45) is 0 Å². The molecule has 0 atom stereocenters. The van der Waals surface area contributed by atoms with Crippen LogP contribution in [0, 0.1) is 0 Å². The number of thioether (sulfide) groups is 1. The van der Waals surface area contributed by atoms with Crippen LogP contribution in [0.2, 0.25) is 0 Å². The minimum absolute atomic E-state index is 0.0284. The molecule has 1 aromatic heterocycles. The summed E-state index contributed by atoms with van der Waals surface area (Å²) in [7, 11) is 3.32. The summed E-state index contributed by atoms with van der Waals surface area (Å²) in [4.78, 5) is 31.8. The van der Waals surface area contributed by atoms with Crippen LogP contribution in [-0.2, 0) is 4.79 Å².